The van der Waals surface area contributed by atoms with Crippen LogP contribution in [-0.2, 0) is 0 Å². The summed E-state index contributed by atoms with van der Waals surface area (Å²) in [6, 6.07) is 15.6. The largest absolute Gasteiger partial charge is 0.573 e. The highest BCUT2D eigenvalue weighted by Gasteiger charge is 2.31. The molecule has 0 fully saturated rings. The Hall–Kier alpha value is -3.22. The van der Waals surface area contributed by atoms with Crippen molar-refractivity contribution in [2.75, 3.05) is 11.9 Å². The molecule has 3 aromatic carbocycles. The van der Waals surface area contributed by atoms with Crippen molar-refractivity contribution < 1.29 is 26.7 Å². The number of rotatable bonds is 3. The number of benzene rings is 3. The molecule has 0 saturated carbocycles. The number of furan rings is 1. The summed E-state index contributed by atoms with van der Waals surface area (Å²) < 4.78 is 60.6. The van der Waals surface area contributed by atoms with Gasteiger partial charge in [-0.25, -0.2) is 4.39 Å². The van der Waals surface area contributed by atoms with E-state index in [0.717, 1.165) is 5.39 Å². The number of alkyl halides is 3. The molecule has 0 aliphatic rings. The molecule has 0 amide bonds. The number of anilines is 2. The van der Waals surface area contributed by atoms with Crippen LogP contribution in [0.15, 0.2) is 65.1 Å². The summed E-state index contributed by atoms with van der Waals surface area (Å²) in [6.45, 7) is 0. The van der Waals surface area contributed by atoms with Crippen LogP contribution in [0.25, 0.3) is 21.9 Å². The molecule has 0 N–H and O–H groups in total. The van der Waals surface area contributed by atoms with E-state index in [-0.39, 0.29) is 11.3 Å². The van der Waals surface area contributed by atoms with Gasteiger partial charge < -0.3 is 14.1 Å². The lowest BCUT2D eigenvalue weighted by atomic mass is 10.1. The second kappa shape index (κ2) is 6.19. The molecule has 0 unspecified atom stereocenters. The smallest absolute Gasteiger partial charge is 0.451 e. The molecular formula is C20H13F4NO2. The maximum absolute atomic E-state index is 14.0. The Morgan fingerprint density at radius 2 is 1.48 bits per heavy atom. The Kier molecular flexibility index (Phi) is 3.95. The second-order valence-electron chi connectivity index (χ2n) is 5.97. The van der Waals surface area contributed by atoms with Crippen molar-refractivity contribution in [3.8, 4) is 5.75 Å². The van der Waals surface area contributed by atoms with Gasteiger partial charge in [0.05, 0.1) is 5.69 Å². The third-order valence-corrected chi connectivity index (χ3v) is 4.27. The van der Waals surface area contributed by atoms with E-state index in [9.17, 15) is 17.6 Å². The third-order valence-electron chi connectivity index (χ3n) is 4.27. The normalized spacial score (nSPS) is 11.9. The molecule has 3 nitrogen and oxygen atoms in total. The Bertz CT molecular complexity index is 1120. The Balaban J connectivity index is 1.75. The highest BCUT2D eigenvalue weighted by Crippen LogP contribution is 2.38. The highest BCUT2D eigenvalue weighted by atomic mass is 19.4. The molecule has 0 radical (unpaired) electrons. The van der Waals surface area contributed by atoms with E-state index in [1.54, 1.807) is 30.1 Å². The van der Waals surface area contributed by atoms with Crippen LogP contribution in [-0.4, -0.2) is 13.4 Å². The first-order chi connectivity index (χ1) is 12.8. The zero-order valence-electron chi connectivity index (χ0n) is 14.0. The molecule has 4 rings (SSSR count). The predicted octanol–water partition coefficient (Wildman–Crippen LogP) is 6.39. The summed E-state index contributed by atoms with van der Waals surface area (Å²) in [6.07, 6.45) is -4.74. The lowest BCUT2D eigenvalue weighted by molar-refractivity contribution is -0.274. The molecule has 7 heteroatoms. The number of fused-ring (bicyclic) bond motifs is 3. The molecule has 1 heterocycles. The van der Waals surface area contributed by atoms with Crippen molar-refractivity contribution in [2.45, 2.75) is 6.36 Å². The van der Waals surface area contributed by atoms with E-state index in [1.807, 2.05) is 12.1 Å². The maximum Gasteiger partial charge on any atom is 0.573 e. The highest BCUT2D eigenvalue weighted by molar-refractivity contribution is 6.09. The van der Waals surface area contributed by atoms with Gasteiger partial charge in [-0.15, -0.1) is 13.2 Å². The zero-order valence-corrected chi connectivity index (χ0v) is 14.0. The summed E-state index contributed by atoms with van der Waals surface area (Å²) in [7, 11) is 1.75. The minimum Gasteiger partial charge on any atom is -0.451 e. The van der Waals surface area contributed by atoms with Crippen molar-refractivity contribution in [3.05, 3.63) is 66.5 Å². The fourth-order valence-corrected chi connectivity index (χ4v) is 3.05. The third kappa shape index (κ3) is 3.16. The molecule has 1 aromatic heterocycles. The summed E-state index contributed by atoms with van der Waals surface area (Å²) in [5, 5.41) is 1.42. The number of halogens is 4. The van der Waals surface area contributed by atoms with E-state index in [1.165, 1.54) is 30.3 Å². The van der Waals surface area contributed by atoms with Crippen LogP contribution >= 0.6 is 0 Å². The van der Waals surface area contributed by atoms with Gasteiger partial charge in [0.25, 0.3) is 0 Å². The van der Waals surface area contributed by atoms with Crippen LogP contribution < -0.4 is 9.64 Å². The average Bonchev–Trinajstić information content (AvgIpc) is 3.01. The van der Waals surface area contributed by atoms with Crippen molar-refractivity contribution in [2.24, 2.45) is 0 Å². The van der Waals surface area contributed by atoms with Gasteiger partial charge in [0.15, 0.2) is 17.0 Å². The van der Waals surface area contributed by atoms with Crippen molar-refractivity contribution in [3.63, 3.8) is 0 Å². The molecule has 0 atom stereocenters. The van der Waals surface area contributed by atoms with Gasteiger partial charge in [0.2, 0.25) is 0 Å². The lowest BCUT2D eigenvalue weighted by Gasteiger charge is -2.20. The SMILES string of the molecule is CN(c1ccc(OC(F)(F)F)cc1)c1cccc2c1oc1c(F)cccc12. The summed E-state index contributed by atoms with van der Waals surface area (Å²) in [5.74, 6) is -0.755. The van der Waals surface area contributed by atoms with Crippen LogP contribution in [0.1, 0.15) is 0 Å². The second-order valence-corrected chi connectivity index (χ2v) is 5.97. The van der Waals surface area contributed by atoms with Crippen LogP contribution in [0.5, 0.6) is 5.75 Å². The quantitative estimate of drug-likeness (QED) is 0.388. The number of ether oxygens (including phenoxy) is 1. The maximum atomic E-state index is 14.0. The van der Waals surface area contributed by atoms with Gasteiger partial charge in [0.1, 0.15) is 5.75 Å². The number of para-hydroxylation sites is 2. The van der Waals surface area contributed by atoms with E-state index < -0.39 is 12.2 Å². The molecule has 0 spiro atoms. The minimum absolute atomic E-state index is 0.169. The Morgan fingerprint density at radius 3 is 2.15 bits per heavy atom. The average molecular weight is 375 g/mol. The van der Waals surface area contributed by atoms with E-state index in [4.69, 9.17) is 4.42 Å². The van der Waals surface area contributed by atoms with Gasteiger partial charge in [-0.05, 0) is 36.4 Å². The summed E-state index contributed by atoms with van der Waals surface area (Å²) in [4.78, 5) is 1.75. The topological polar surface area (TPSA) is 25.6 Å². The zero-order chi connectivity index (χ0) is 19.2. The first kappa shape index (κ1) is 17.2. The molecule has 27 heavy (non-hydrogen) atoms. The fourth-order valence-electron chi connectivity index (χ4n) is 3.05. The first-order valence-corrected chi connectivity index (χ1v) is 8.03. The van der Waals surface area contributed by atoms with E-state index in [2.05, 4.69) is 4.74 Å². The van der Waals surface area contributed by atoms with Crippen molar-refractivity contribution in [1.82, 2.24) is 0 Å². The number of nitrogens with zero attached hydrogens (tertiary/aromatic N) is 1. The summed E-state index contributed by atoms with van der Waals surface area (Å²) in [5.41, 5.74) is 1.95. The van der Waals surface area contributed by atoms with Crippen molar-refractivity contribution in [1.29, 1.82) is 0 Å². The van der Waals surface area contributed by atoms with Crippen LogP contribution in [0.3, 0.4) is 0 Å². The van der Waals surface area contributed by atoms with E-state index in [0.29, 0.717) is 22.3 Å². The molecule has 4 aromatic rings. The lowest BCUT2D eigenvalue weighted by Crippen LogP contribution is -2.17. The standard InChI is InChI=1S/C20H13F4NO2/c1-25(12-8-10-13(11-9-12)27-20(22,23)24)17-7-3-5-15-14-4-2-6-16(21)18(14)26-19(15)17/h2-11H,1H3. The van der Waals surface area contributed by atoms with Crippen LogP contribution in [0.2, 0.25) is 0 Å². The minimum atomic E-state index is -4.74. The number of hydrogen-bond donors (Lipinski definition) is 0. The van der Waals surface area contributed by atoms with E-state index >= 15 is 0 Å². The van der Waals surface area contributed by atoms with Gasteiger partial charge in [0, 0.05) is 23.5 Å². The molecule has 0 aliphatic carbocycles. The molecule has 138 valence electrons. The van der Waals surface area contributed by atoms with Gasteiger partial charge in [-0.3, -0.25) is 0 Å². The summed E-state index contributed by atoms with van der Waals surface area (Å²) >= 11 is 0. The van der Waals surface area contributed by atoms with Crippen molar-refractivity contribution >= 4 is 33.3 Å². The van der Waals surface area contributed by atoms with Gasteiger partial charge in [-0.1, -0.05) is 24.3 Å². The fraction of sp³-hybridized carbons (Fsp3) is 0.100. The monoisotopic (exact) mass is 375 g/mol. The molecule has 0 aliphatic heterocycles. The molecule has 0 saturated heterocycles. The van der Waals surface area contributed by atoms with Crippen LogP contribution in [0, 0.1) is 5.82 Å². The van der Waals surface area contributed by atoms with Gasteiger partial charge in [-0.2, -0.15) is 0 Å². The molecule has 0 bridgehead atoms. The number of hydrogen-bond acceptors (Lipinski definition) is 3. The van der Waals surface area contributed by atoms with Gasteiger partial charge >= 0.3 is 6.36 Å². The van der Waals surface area contributed by atoms with Crippen LogP contribution in [0.4, 0.5) is 28.9 Å². The Labute approximate surface area is 151 Å². The first-order valence-electron chi connectivity index (χ1n) is 8.03. The predicted molar refractivity (Wildman–Crippen MR) is 94.9 cm³/mol. The molecular weight excluding hydrogens is 362 g/mol. The Morgan fingerprint density at radius 1 is 0.852 bits per heavy atom.